The minimum Gasteiger partial charge on any atom is -0.780 e. The lowest BCUT2D eigenvalue weighted by atomic mass is 10.2. The Morgan fingerprint density at radius 1 is 1.55 bits per heavy atom. The van der Waals surface area contributed by atoms with Gasteiger partial charge in [-0.1, -0.05) is 24.3 Å². The third-order valence-electron chi connectivity index (χ3n) is 1.25. The number of benzene rings is 1. The van der Waals surface area contributed by atoms with Gasteiger partial charge in [0.25, 0.3) is 0 Å². The number of rotatable bonds is 2. The SMILES string of the molecule is O=C(O)Cc1cccc([S-])c1. The monoisotopic (exact) mass is 167 g/mol. The predicted molar refractivity (Wildman–Crippen MR) is 43.4 cm³/mol. The molecule has 1 aromatic carbocycles. The molecule has 0 spiro atoms. The molecule has 58 valence electrons. The second-order valence-corrected chi connectivity index (χ2v) is 2.69. The van der Waals surface area contributed by atoms with Crippen LogP contribution in [-0.2, 0) is 23.8 Å². The molecule has 0 unspecified atom stereocenters. The molecule has 0 atom stereocenters. The summed E-state index contributed by atoms with van der Waals surface area (Å²) >= 11 is 4.86. The van der Waals surface area contributed by atoms with E-state index in [0.29, 0.717) is 4.90 Å². The maximum absolute atomic E-state index is 10.2. The lowest BCUT2D eigenvalue weighted by Gasteiger charge is -2.05. The molecular formula is C8H7O2S-. The normalized spacial score (nSPS) is 9.45. The highest BCUT2D eigenvalue weighted by Crippen LogP contribution is 2.04. The van der Waals surface area contributed by atoms with Crippen LogP contribution < -0.4 is 0 Å². The zero-order valence-corrected chi connectivity index (χ0v) is 6.60. The summed E-state index contributed by atoms with van der Waals surface area (Å²) in [6, 6.07) is 6.98. The Labute approximate surface area is 70.3 Å². The molecule has 1 rings (SSSR count). The second kappa shape index (κ2) is 3.34. The molecule has 1 aromatic rings. The van der Waals surface area contributed by atoms with Crippen LogP contribution in [0.1, 0.15) is 5.56 Å². The van der Waals surface area contributed by atoms with Crippen LogP contribution in [0.2, 0.25) is 0 Å². The summed E-state index contributed by atoms with van der Waals surface area (Å²) in [5.74, 6) is -0.828. The molecule has 0 aliphatic rings. The lowest BCUT2D eigenvalue weighted by Crippen LogP contribution is -1.99. The minimum atomic E-state index is -0.828. The van der Waals surface area contributed by atoms with Crippen LogP contribution in [0, 0.1) is 0 Å². The van der Waals surface area contributed by atoms with Crippen LogP contribution in [0.3, 0.4) is 0 Å². The van der Waals surface area contributed by atoms with Crippen molar-refractivity contribution in [2.45, 2.75) is 11.3 Å². The zero-order chi connectivity index (χ0) is 8.27. The first-order valence-corrected chi connectivity index (χ1v) is 3.57. The molecule has 11 heavy (non-hydrogen) atoms. The Morgan fingerprint density at radius 3 is 2.82 bits per heavy atom. The molecule has 2 nitrogen and oxygen atoms in total. The van der Waals surface area contributed by atoms with Gasteiger partial charge in [0.05, 0.1) is 6.42 Å². The highest BCUT2D eigenvalue weighted by Gasteiger charge is 1.97. The fourth-order valence-electron chi connectivity index (χ4n) is 0.830. The van der Waals surface area contributed by atoms with E-state index in [-0.39, 0.29) is 6.42 Å². The molecule has 0 saturated carbocycles. The maximum atomic E-state index is 10.2. The van der Waals surface area contributed by atoms with E-state index in [9.17, 15) is 4.79 Å². The maximum Gasteiger partial charge on any atom is 0.307 e. The first kappa shape index (κ1) is 8.01. The van der Waals surface area contributed by atoms with Gasteiger partial charge in [-0.05, 0) is 5.56 Å². The molecular weight excluding hydrogens is 160 g/mol. The highest BCUT2D eigenvalue weighted by atomic mass is 32.1. The molecule has 0 fully saturated rings. The predicted octanol–water partition coefficient (Wildman–Crippen LogP) is 1.22. The summed E-state index contributed by atoms with van der Waals surface area (Å²) in [6.45, 7) is 0. The lowest BCUT2D eigenvalue weighted by molar-refractivity contribution is -0.136. The second-order valence-electron chi connectivity index (χ2n) is 2.22. The van der Waals surface area contributed by atoms with E-state index in [1.807, 2.05) is 0 Å². The molecule has 0 heterocycles. The third-order valence-corrected chi connectivity index (χ3v) is 1.51. The fraction of sp³-hybridized carbons (Fsp3) is 0.125. The summed E-state index contributed by atoms with van der Waals surface area (Å²) in [4.78, 5) is 10.9. The first-order chi connectivity index (χ1) is 5.18. The molecule has 0 saturated heterocycles. The van der Waals surface area contributed by atoms with E-state index in [2.05, 4.69) is 0 Å². The van der Waals surface area contributed by atoms with Gasteiger partial charge >= 0.3 is 5.97 Å². The van der Waals surface area contributed by atoms with Crippen LogP contribution >= 0.6 is 0 Å². The molecule has 0 amide bonds. The van der Waals surface area contributed by atoms with Gasteiger partial charge < -0.3 is 17.7 Å². The molecule has 3 heteroatoms. The summed E-state index contributed by atoms with van der Waals surface area (Å²) in [5.41, 5.74) is 0.755. The minimum absolute atomic E-state index is 0.0461. The van der Waals surface area contributed by atoms with Crippen LogP contribution in [0.25, 0.3) is 0 Å². The topological polar surface area (TPSA) is 37.3 Å². The van der Waals surface area contributed by atoms with Gasteiger partial charge in [-0.3, -0.25) is 4.79 Å². The van der Waals surface area contributed by atoms with Gasteiger partial charge in [-0.25, -0.2) is 0 Å². The van der Waals surface area contributed by atoms with Crippen molar-refractivity contribution in [3.63, 3.8) is 0 Å². The van der Waals surface area contributed by atoms with Gasteiger partial charge in [0.1, 0.15) is 0 Å². The molecule has 1 N–H and O–H groups in total. The quantitative estimate of drug-likeness (QED) is 0.673. The number of carboxylic acids is 1. The van der Waals surface area contributed by atoms with Crippen molar-refractivity contribution in [2.75, 3.05) is 0 Å². The average Bonchev–Trinajstić information content (AvgIpc) is 1.85. The van der Waals surface area contributed by atoms with Crippen molar-refractivity contribution < 1.29 is 9.90 Å². The van der Waals surface area contributed by atoms with Gasteiger partial charge in [-0.15, -0.1) is 0 Å². The van der Waals surface area contributed by atoms with Gasteiger partial charge in [0, 0.05) is 0 Å². The summed E-state index contributed by atoms with van der Waals surface area (Å²) < 4.78 is 0. The summed E-state index contributed by atoms with van der Waals surface area (Å²) in [5, 5.41) is 8.42. The summed E-state index contributed by atoms with van der Waals surface area (Å²) in [7, 11) is 0. The van der Waals surface area contributed by atoms with Crippen LogP contribution in [0.4, 0.5) is 0 Å². The van der Waals surface area contributed by atoms with E-state index in [4.69, 9.17) is 17.7 Å². The van der Waals surface area contributed by atoms with E-state index in [1.54, 1.807) is 24.3 Å². The average molecular weight is 167 g/mol. The molecule has 0 aromatic heterocycles. The van der Waals surface area contributed by atoms with Crippen molar-refractivity contribution in [1.29, 1.82) is 0 Å². The van der Waals surface area contributed by atoms with E-state index in [0.717, 1.165) is 5.56 Å². The number of hydrogen-bond acceptors (Lipinski definition) is 2. The molecule has 0 bridgehead atoms. The number of aliphatic carboxylic acids is 1. The van der Waals surface area contributed by atoms with Gasteiger partial charge in [0.15, 0.2) is 0 Å². The van der Waals surface area contributed by atoms with Crippen molar-refractivity contribution in [1.82, 2.24) is 0 Å². The van der Waals surface area contributed by atoms with E-state index >= 15 is 0 Å². The first-order valence-electron chi connectivity index (χ1n) is 3.16. The third kappa shape index (κ3) is 2.55. The van der Waals surface area contributed by atoms with Gasteiger partial charge in [0.2, 0.25) is 0 Å². The molecule has 0 aliphatic heterocycles. The Kier molecular flexibility index (Phi) is 2.44. The number of carbonyl (C=O) groups is 1. The van der Waals surface area contributed by atoms with Crippen LogP contribution in [-0.4, -0.2) is 11.1 Å². The Morgan fingerprint density at radius 2 is 2.27 bits per heavy atom. The molecule has 0 aliphatic carbocycles. The Balaban J connectivity index is 2.79. The largest absolute Gasteiger partial charge is 0.780 e. The number of carboxylic acid groups (broad SMARTS) is 1. The molecule has 0 radical (unpaired) electrons. The Bertz CT molecular complexity index is 271. The van der Waals surface area contributed by atoms with Gasteiger partial charge in [-0.2, -0.15) is 4.90 Å². The zero-order valence-electron chi connectivity index (χ0n) is 5.78. The van der Waals surface area contributed by atoms with Crippen molar-refractivity contribution >= 4 is 18.6 Å². The number of hydrogen-bond donors (Lipinski definition) is 1. The van der Waals surface area contributed by atoms with Crippen molar-refractivity contribution in [2.24, 2.45) is 0 Å². The van der Waals surface area contributed by atoms with E-state index < -0.39 is 5.97 Å². The Hall–Kier alpha value is -1.09. The highest BCUT2D eigenvalue weighted by molar-refractivity contribution is 7.58. The van der Waals surface area contributed by atoms with Crippen LogP contribution in [0.15, 0.2) is 29.2 Å². The van der Waals surface area contributed by atoms with Crippen molar-refractivity contribution in [3.8, 4) is 0 Å². The van der Waals surface area contributed by atoms with Crippen LogP contribution in [0.5, 0.6) is 0 Å². The summed E-state index contributed by atoms with van der Waals surface area (Å²) in [6.07, 6.45) is 0.0461. The smallest absolute Gasteiger partial charge is 0.307 e. The fourth-order valence-corrected chi connectivity index (χ4v) is 1.06. The van der Waals surface area contributed by atoms with Crippen molar-refractivity contribution in [3.05, 3.63) is 29.8 Å². The standard InChI is InChI=1S/C8H8O2S/c9-8(10)5-6-2-1-3-7(11)4-6/h1-4,11H,5H2,(H,9,10)/p-1. The van der Waals surface area contributed by atoms with E-state index in [1.165, 1.54) is 0 Å².